The van der Waals surface area contributed by atoms with Crippen LogP contribution in [0.15, 0.2) is 41.1 Å². The van der Waals surface area contributed by atoms with Gasteiger partial charge in [0.15, 0.2) is 0 Å². The summed E-state index contributed by atoms with van der Waals surface area (Å²) >= 11 is 3.14. The van der Waals surface area contributed by atoms with Gasteiger partial charge in [-0.3, -0.25) is 9.59 Å². The first kappa shape index (κ1) is 18.3. The lowest BCUT2D eigenvalue weighted by molar-refractivity contribution is -0.123. The topological polar surface area (TPSA) is 71.1 Å². The summed E-state index contributed by atoms with van der Waals surface area (Å²) < 4.78 is 0. The molecule has 1 aromatic carbocycles. The monoisotopic (exact) mass is 385 g/mol. The van der Waals surface area contributed by atoms with E-state index < -0.39 is 0 Å². The van der Waals surface area contributed by atoms with Crippen LogP contribution in [-0.2, 0) is 16.0 Å². The molecule has 5 nitrogen and oxygen atoms in total. The van der Waals surface area contributed by atoms with Crippen LogP contribution in [0.5, 0.6) is 0 Å². The molecule has 0 bridgehead atoms. The number of carbonyl (C=O) groups excluding carboxylic acids is 2. The Morgan fingerprint density at radius 1 is 1.08 bits per heavy atom. The normalized spacial score (nSPS) is 10.5. The summed E-state index contributed by atoms with van der Waals surface area (Å²) in [6.45, 7) is 3.89. The molecule has 2 heterocycles. The summed E-state index contributed by atoms with van der Waals surface area (Å²) in [6, 6.07) is 9.71. The molecule has 0 radical (unpaired) electrons. The SMILES string of the molecule is Cc1cccc(NC(=O)CNC(=O)Cc2csc(-c3cccs3)n2)c1C. The number of nitrogens with one attached hydrogen (secondary N) is 2. The lowest BCUT2D eigenvalue weighted by atomic mass is 10.1. The van der Waals surface area contributed by atoms with Gasteiger partial charge in [-0.1, -0.05) is 18.2 Å². The van der Waals surface area contributed by atoms with Crippen molar-refractivity contribution in [3.63, 3.8) is 0 Å². The van der Waals surface area contributed by atoms with E-state index >= 15 is 0 Å². The molecular weight excluding hydrogens is 366 g/mol. The standard InChI is InChI=1S/C19H19N3O2S2/c1-12-5-3-6-15(13(12)2)22-18(24)10-20-17(23)9-14-11-26-19(21-14)16-7-4-8-25-16/h3-8,11H,9-10H2,1-2H3,(H,20,23)(H,22,24). The number of aromatic nitrogens is 1. The van der Waals surface area contributed by atoms with Gasteiger partial charge in [0.05, 0.1) is 23.5 Å². The number of amides is 2. The third kappa shape index (κ3) is 4.56. The van der Waals surface area contributed by atoms with Gasteiger partial charge in [-0.15, -0.1) is 22.7 Å². The zero-order valence-electron chi connectivity index (χ0n) is 14.5. The fourth-order valence-electron chi connectivity index (χ4n) is 2.39. The average molecular weight is 386 g/mol. The van der Waals surface area contributed by atoms with Gasteiger partial charge in [0.2, 0.25) is 11.8 Å². The number of rotatable bonds is 6. The minimum absolute atomic E-state index is 0.0614. The molecule has 3 rings (SSSR count). The van der Waals surface area contributed by atoms with Crippen molar-refractivity contribution in [2.45, 2.75) is 20.3 Å². The lowest BCUT2D eigenvalue weighted by Crippen LogP contribution is -2.34. The molecular formula is C19H19N3O2S2. The van der Waals surface area contributed by atoms with E-state index in [2.05, 4.69) is 15.6 Å². The molecule has 0 aliphatic rings. The van der Waals surface area contributed by atoms with E-state index in [1.807, 2.05) is 54.9 Å². The van der Waals surface area contributed by atoms with Gasteiger partial charge < -0.3 is 10.6 Å². The fraction of sp³-hybridized carbons (Fsp3) is 0.211. The Hall–Kier alpha value is -2.51. The summed E-state index contributed by atoms with van der Waals surface area (Å²) in [7, 11) is 0. The van der Waals surface area contributed by atoms with Crippen LogP contribution in [0.1, 0.15) is 16.8 Å². The second-order valence-corrected chi connectivity index (χ2v) is 7.68. The second kappa shape index (κ2) is 8.25. The predicted molar refractivity (Wildman–Crippen MR) is 107 cm³/mol. The number of nitrogens with zero attached hydrogens (tertiary/aromatic N) is 1. The van der Waals surface area contributed by atoms with Crippen molar-refractivity contribution < 1.29 is 9.59 Å². The van der Waals surface area contributed by atoms with Crippen LogP contribution in [-0.4, -0.2) is 23.3 Å². The van der Waals surface area contributed by atoms with E-state index in [0.717, 1.165) is 26.7 Å². The van der Waals surface area contributed by atoms with Gasteiger partial charge in [-0.05, 0) is 42.5 Å². The number of aryl methyl sites for hydroxylation is 1. The van der Waals surface area contributed by atoms with E-state index in [0.29, 0.717) is 5.69 Å². The van der Waals surface area contributed by atoms with E-state index in [-0.39, 0.29) is 24.8 Å². The zero-order valence-corrected chi connectivity index (χ0v) is 16.2. The maximum absolute atomic E-state index is 12.1. The molecule has 0 spiro atoms. The number of hydrogen-bond acceptors (Lipinski definition) is 5. The van der Waals surface area contributed by atoms with Gasteiger partial charge in [0.1, 0.15) is 5.01 Å². The van der Waals surface area contributed by atoms with Crippen molar-refractivity contribution in [1.29, 1.82) is 0 Å². The van der Waals surface area contributed by atoms with E-state index in [4.69, 9.17) is 0 Å². The molecule has 0 fully saturated rings. The van der Waals surface area contributed by atoms with Crippen molar-refractivity contribution in [1.82, 2.24) is 10.3 Å². The highest BCUT2D eigenvalue weighted by Gasteiger charge is 2.11. The van der Waals surface area contributed by atoms with Crippen molar-refractivity contribution in [2.75, 3.05) is 11.9 Å². The maximum Gasteiger partial charge on any atom is 0.243 e. The molecule has 0 saturated heterocycles. The first-order valence-corrected chi connectivity index (χ1v) is 9.90. The van der Waals surface area contributed by atoms with E-state index in [1.54, 1.807) is 11.3 Å². The Bertz CT molecular complexity index is 917. The summed E-state index contributed by atoms with van der Waals surface area (Å²) in [6.07, 6.45) is 0.165. The largest absolute Gasteiger partial charge is 0.347 e. The highest BCUT2D eigenvalue weighted by molar-refractivity contribution is 7.20. The van der Waals surface area contributed by atoms with E-state index in [1.165, 1.54) is 11.3 Å². The number of hydrogen-bond donors (Lipinski definition) is 2. The Kier molecular flexibility index (Phi) is 5.80. The molecule has 0 unspecified atom stereocenters. The number of anilines is 1. The molecule has 2 aromatic heterocycles. The highest BCUT2D eigenvalue weighted by Crippen LogP contribution is 2.27. The molecule has 2 N–H and O–H groups in total. The minimum atomic E-state index is -0.246. The number of carbonyl (C=O) groups is 2. The molecule has 7 heteroatoms. The number of thiophene rings is 1. The predicted octanol–water partition coefficient (Wildman–Crippen LogP) is 3.79. The third-order valence-electron chi connectivity index (χ3n) is 3.95. The lowest BCUT2D eigenvalue weighted by Gasteiger charge is -2.10. The second-order valence-electron chi connectivity index (χ2n) is 5.87. The molecule has 2 amide bonds. The van der Waals surface area contributed by atoms with Crippen LogP contribution in [0.2, 0.25) is 0 Å². The third-order valence-corrected chi connectivity index (χ3v) is 5.88. The molecule has 0 aliphatic heterocycles. The smallest absolute Gasteiger partial charge is 0.243 e. The summed E-state index contributed by atoms with van der Waals surface area (Å²) in [5.41, 5.74) is 3.61. The Morgan fingerprint density at radius 2 is 1.92 bits per heavy atom. The first-order chi connectivity index (χ1) is 12.5. The number of benzene rings is 1. The van der Waals surface area contributed by atoms with Gasteiger partial charge in [-0.25, -0.2) is 4.98 Å². The van der Waals surface area contributed by atoms with Crippen LogP contribution < -0.4 is 10.6 Å². The molecule has 26 heavy (non-hydrogen) atoms. The molecule has 0 aliphatic carbocycles. The van der Waals surface area contributed by atoms with E-state index in [9.17, 15) is 9.59 Å². The summed E-state index contributed by atoms with van der Waals surface area (Å²) in [5, 5.41) is 10.3. The molecule has 3 aromatic rings. The van der Waals surface area contributed by atoms with Crippen LogP contribution in [0.4, 0.5) is 5.69 Å². The number of thiazole rings is 1. The average Bonchev–Trinajstić information content (AvgIpc) is 3.28. The van der Waals surface area contributed by atoms with Crippen LogP contribution in [0.25, 0.3) is 9.88 Å². The maximum atomic E-state index is 12.1. The van der Waals surface area contributed by atoms with Crippen LogP contribution in [0, 0.1) is 13.8 Å². The molecule has 134 valence electrons. The van der Waals surface area contributed by atoms with Gasteiger partial charge in [-0.2, -0.15) is 0 Å². The minimum Gasteiger partial charge on any atom is -0.347 e. The van der Waals surface area contributed by atoms with Crippen molar-refractivity contribution >= 4 is 40.2 Å². The molecule has 0 saturated carbocycles. The summed E-state index contributed by atoms with van der Waals surface area (Å²) in [4.78, 5) is 29.7. The summed E-state index contributed by atoms with van der Waals surface area (Å²) in [5.74, 6) is -0.464. The van der Waals surface area contributed by atoms with Crippen molar-refractivity contribution in [2.24, 2.45) is 0 Å². The van der Waals surface area contributed by atoms with Gasteiger partial charge in [0, 0.05) is 11.1 Å². The first-order valence-electron chi connectivity index (χ1n) is 8.14. The van der Waals surface area contributed by atoms with Gasteiger partial charge >= 0.3 is 0 Å². The van der Waals surface area contributed by atoms with Crippen LogP contribution >= 0.6 is 22.7 Å². The van der Waals surface area contributed by atoms with Gasteiger partial charge in [0.25, 0.3) is 0 Å². The molecule has 0 atom stereocenters. The fourth-order valence-corrected chi connectivity index (χ4v) is 4.02. The Morgan fingerprint density at radius 3 is 2.69 bits per heavy atom. The van der Waals surface area contributed by atoms with Crippen molar-refractivity contribution in [3.05, 3.63) is 57.9 Å². The zero-order chi connectivity index (χ0) is 18.5. The quantitative estimate of drug-likeness (QED) is 0.678. The highest BCUT2D eigenvalue weighted by atomic mass is 32.1. The Balaban J connectivity index is 1.49. The van der Waals surface area contributed by atoms with Crippen LogP contribution in [0.3, 0.4) is 0 Å². The van der Waals surface area contributed by atoms with Crippen molar-refractivity contribution in [3.8, 4) is 9.88 Å². The Labute approximate surface area is 160 Å².